The van der Waals surface area contributed by atoms with Crippen LogP contribution in [0.25, 0.3) is 0 Å². The molecule has 0 saturated carbocycles. The fourth-order valence-electron chi connectivity index (χ4n) is 1.74. The fraction of sp³-hybridized carbons (Fsp3) is 0.308. The van der Waals surface area contributed by atoms with Gasteiger partial charge in [0.15, 0.2) is 0 Å². The predicted octanol–water partition coefficient (Wildman–Crippen LogP) is 1.98. The fourth-order valence-corrected chi connectivity index (χ4v) is 1.74. The van der Waals surface area contributed by atoms with Crippen LogP contribution in [-0.4, -0.2) is 24.5 Å². The molecule has 16 heavy (non-hydrogen) atoms. The summed E-state index contributed by atoms with van der Waals surface area (Å²) < 4.78 is 5.09. The molecule has 3 nitrogen and oxygen atoms in total. The van der Waals surface area contributed by atoms with Crippen LogP contribution < -0.4 is 4.74 Å². The Kier molecular flexibility index (Phi) is 3.25. The summed E-state index contributed by atoms with van der Waals surface area (Å²) in [5.74, 6) is 0.940. The van der Waals surface area contributed by atoms with Crippen molar-refractivity contribution in [1.29, 1.82) is 0 Å². The summed E-state index contributed by atoms with van der Waals surface area (Å²) in [5.41, 5.74) is 1.13. The minimum atomic E-state index is 0.0991. The van der Waals surface area contributed by atoms with Crippen LogP contribution >= 0.6 is 0 Å². The molecule has 1 aromatic carbocycles. The molecule has 1 amide bonds. The smallest absolute Gasteiger partial charge is 0.246 e. The maximum atomic E-state index is 11.5. The van der Waals surface area contributed by atoms with E-state index in [2.05, 4.69) is 0 Å². The largest absolute Gasteiger partial charge is 0.497 e. The van der Waals surface area contributed by atoms with E-state index in [1.54, 1.807) is 13.2 Å². The molecule has 0 bridgehead atoms. The van der Waals surface area contributed by atoms with Gasteiger partial charge in [-0.3, -0.25) is 4.79 Å². The van der Waals surface area contributed by atoms with E-state index in [1.807, 2.05) is 35.2 Å². The lowest BCUT2D eigenvalue weighted by atomic mass is 10.1. The van der Waals surface area contributed by atoms with Crippen molar-refractivity contribution in [3.8, 4) is 5.75 Å². The first-order valence-electron chi connectivity index (χ1n) is 5.38. The molecule has 0 aliphatic carbocycles. The number of carbonyl (C=O) groups is 1. The van der Waals surface area contributed by atoms with Gasteiger partial charge in [-0.1, -0.05) is 18.2 Å². The number of hydrogen-bond acceptors (Lipinski definition) is 2. The Morgan fingerprint density at radius 2 is 2.06 bits per heavy atom. The van der Waals surface area contributed by atoms with E-state index in [9.17, 15) is 4.79 Å². The highest BCUT2D eigenvalue weighted by molar-refractivity contribution is 5.88. The molecule has 84 valence electrons. The van der Waals surface area contributed by atoms with Crippen molar-refractivity contribution >= 4 is 5.91 Å². The van der Waals surface area contributed by atoms with Crippen LogP contribution in [0, 0.1) is 0 Å². The summed E-state index contributed by atoms with van der Waals surface area (Å²) in [6.07, 6.45) is 4.52. The maximum Gasteiger partial charge on any atom is 0.246 e. The summed E-state index contributed by atoms with van der Waals surface area (Å²) in [5, 5.41) is 0. The van der Waals surface area contributed by atoms with E-state index >= 15 is 0 Å². The Labute approximate surface area is 95.3 Å². The Morgan fingerprint density at radius 3 is 2.69 bits per heavy atom. The lowest BCUT2D eigenvalue weighted by molar-refractivity contribution is -0.127. The molecule has 2 rings (SSSR count). The quantitative estimate of drug-likeness (QED) is 0.774. The highest BCUT2D eigenvalue weighted by atomic mass is 16.5. The summed E-state index contributed by atoms with van der Waals surface area (Å²) in [6.45, 7) is 1.48. The predicted molar refractivity (Wildman–Crippen MR) is 62.2 cm³/mol. The highest BCUT2D eigenvalue weighted by Gasteiger charge is 2.13. The van der Waals surface area contributed by atoms with Gasteiger partial charge in [0.2, 0.25) is 5.91 Å². The minimum Gasteiger partial charge on any atom is -0.497 e. The van der Waals surface area contributed by atoms with Crippen LogP contribution in [0.4, 0.5) is 0 Å². The molecule has 3 heteroatoms. The first-order chi connectivity index (χ1) is 7.79. The summed E-state index contributed by atoms with van der Waals surface area (Å²) >= 11 is 0. The average Bonchev–Trinajstić information content (AvgIpc) is 2.33. The van der Waals surface area contributed by atoms with E-state index in [0.717, 1.165) is 24.3 Å². The highest BCUT2D eigenvalue weighted by Crippen LogP contribution is 2.14. The molecule has 0 spiro atoms. The second-order valence-corrected chi connectivity index (χ2v) is 3.80. The number of rotatable bonds is 3. The van der Waals surface area contributed by atoms with Crippen molar-refractivity contribution in [2.24, 2.45) is 0 Å². The van der Waals surface area contributed by atoms with Crippen molar-refractivity contribution in [1.82, 2.24) is 4.90 Å². The normalized spacial score (nSPS) is 15.3. The molecule has 1 heterocycles. The SMILES string of the molecule is COc1ccc(CN2CCC=CC2=O)cc1. The number of ether oxygens (including phenoxy) is 1. The zero-order valence-corrected chi connectivity index (χ0v) is 9.35. The third-order valence-corrected chi connectivity index (χ3v) is 2.67. The van der Waals surface area contributed by atoms with Crippen molar-refractivity contribution < 1.29 is 9.53 Å². The van der Waals surface area contributed by atoms with Crippen LogP contribution in [0.2, 0.25) is 0 Å². The Hall–Kier alpha value is -1.77. The first-order valence-corrected chi connectivity index (χ1v) is 5.38. The number of amides is 1. The van der Waals surface area contributed by atoms with E-state index in [-0.39, 0.29) is 5.91 Å². The van der Waals surface area contributed by atoms with Crippen LogP contribution in [0.1, 0.15) is 12.0 Å². The number of nitrogens with zero attached hydrogens (tertiary/aromatic N) is 1. The minimum absolute atomic E-state index is 0.0991. The van der Waals surface area contributed by atoms with Gasteiger partial charge in [-0.05, 0) is 30.2 Å². The van der Waals surface area contributed by atoms with Crippen LogP contribution in [0.5, 0.6) is 5.75 Å². The summed E-state index contributed by atoms with van der Waals surface area (Å²) in [6, 6.07) is 7.81. The van der Waals surface area contributed by atoms with Crippen LogP contribution in [-0.2, 0) is 11.3 Å². The molecular weight excluding hydrogens is 202 g/mol. The first kappa shape index (κ1) is 10.7. The molecule has 0 unspecified atom stereocenters. The average molecular weight is 217 g/mol. The van der Waals surface area contributed by atoms with Gasteiger partial charge in [-0.15, -0.1) is 0 Å². The lowest BCUT2D eigenvalue weighted by Crippen LogP contribution is -2.31. The van der Waals surface area contributed by atoms with Crippen LogP contribution in [0.3, 0.4) is 0 Å². The van der Waals surface area contributed by atoms with Gasteiger partial charge in [0.25, 0.3) is 0 Å². The van der Waals surface area contributed by atoms with Gasteiger partial charge in [0.05, 0.1) is 7.11 Å². The van der Waals surface area contributed by atoms with Gasteiger partial charge in [0, 0.05) is 13.1 Å². The molecular formula is C13H15NO2. The molecule has 0 N–H and O–H groups in total. The molecule has 1 aromatic rings. The molecule has 0 fully saturated rings. The number of carbonyl (C=O) groups excluding carboxylic acids is 1. The van der Waals surface area contributed by atoms with Gasteiger partial charge in [-0.25, -0.2) is 0 Å². The van der Waals surface area contributed by atoms with Gasteiger partial charge in [0.1, 0.15) is 5.75 Å². The molecule has 0 radical (unpaired) electrons. The van der Waals surface area contributed by atoms with Crippen molar-refractivity contribution in [2.45, 2.75) is 13.0 Å². The van der Waals surface area contributed by atoms with E-state index in [1.165, 1.54) is 0 Å². The molecule has 0 aromatic heterocycles. The number of benzene rings is 1. The second kappa shape index (κ2) is 4.84. The monoisotopic (exact) mass is 217 g/mol. The molecule has 0 atom stereocenters. The second-order valence-electron chi connectivity index (χ2n) is 3.80. The maximum absolute atomic E-state index is 11.5. The molecule has 1 aliphatic heterocycles. The van der Waals surface area contributed by atoms with E-state index in [0.29, 0.717) is 6.54 Å². The van der Waals surface area contributed by atoms with Crippen LogP contribution in [0.15, 0.2) is 36.4 Å². The van der Waals surface area contributed by atoms with Gasteiger partial charge >= 0.3 is 0 Å². The zero-order chi connectivity index (χ0) is 11.4. The zero-order valence-electron chi connectivity index (χ0n) is 9.35. The van der Waals surface area contributed by atoms with Gasteiger partial charge in [-0.2, -0.15) is 0 Å². The topological polar surface area (TPSA) is 29.5 Å². The van der Waals surface area contributed by atoms with Crippen molar-refractivity contribution in [3.63, 3.8) is 0 Å². The van der Waals surface area contributed by atoms with Crippen molar-refractivity contribution in [2.75, 3.05) is 13.7 Å². The Balaban J connectivity index is 2.03. The summed E-state index contributed by atoms with van der Waals surface area (Å²) in [4.78, 5) is 13.4. The third-order valence-electron chi connectivity index (χ3n) is 2.67. The van der Waals surface area contributed by atoms with E-state index < -0.39 is 0 Å². The lowest BCUT2D eigenvalue weighted by Gasteiger charge is -2.23. The number of hydrogen-bond donors (Lipinski definition) is 0. The van der Waals surface area contributed by atoms with Gasteiger partial charge < -0.3 is 9.64 Å². The third kappa shape index (κ3) is 2.42. The molecule has 0 saturated heterocycles. The summed E-state index contributed by atoms with van der Waals surface area (Å²) in [7, 11) is 1.65. The van der Waals surface area contributed by atoms with E-state index in [4.69, 9.17) is 4.74 Å². The Morgan fingerprint density at radius 1 is 1.31 bits per heavy atom. The molecule has 1 aliphatic rings. The standard InChI is InChI=1S/C13H15NO2/c1-16-12-7-5-11(6-8-12)10-14-9-3-2-4-13(14)15/h2,4-8H,3,9-10H2,1H3. The van der Waals surface area contributed by atoms with Crippen molar-refractivity contribution in [3.05, 3.63) is 42.0 Å². The number of methoxy groups -OCH3 is 1. The Bertz CT molecular complexity index is 395.